The maximum atomic E-state index is 11.7. The van der Waals surface area contributed by atoms with E-state index in [0.29, 0.717) is 8.83 Å². The molecule has 1 aliphatic heterocycles. The number of allylic oxidation sites excluding steroid dienone is 2. The van der Waals surface area contributed by atoms with Gasteiger partial charge >= 0.3 is 5.97 Å². The summed E-state index contributed by atoms with van der Waals surface area (Å²) in [6, 6.07) is 8.12. The zero-order chi connectivity index (χ0) is 19.4. The van der Waals surface area contributed by atoms with Crippen molar-refractivity contribution in [3.8, 4) is 5.88 Å². The number of anilines is 1. The van der Waals surface area contributed by atoms with Crippen molar-refractivity contribution in [1.82, 2.24) is 4.57 Å². The zero-order valence-electron chi connectivity index (χ0n) is 15.1. The molecule has 3 rings (SSSR count). The lowest BCUT2D eigenvalue weighted by atomic mass is 10.0. The Morgan fingerprint density at radius 3 is 2.89 bits per heavy atom. The third kappa shape index (κ3) is 4.06. The van der Waals surface area contributed by atoms with Crippen LogP contribution in [0.25, 0.3) is 11.6 Å². The lowest BCUT2D eigenvalue weighted by Gasteiger charge is -2.25. The average molecular weight is 401 g/mol. The molecule has 140 valence electrons. The van der Waals surface area contributed by atoms with Gasteiger partial charge in [0.1, 0.15) is 6.54 Å². The summed E-state index contributed by atoms with van der Waals surface area (Å²) < 4.78 is 6.71. The first kappa shape index (κ1) is 19.2. The molecule has 5 nitrogen and oxygen atoms in total. The zero-order valence-corrected chi connectivity index (χ0v) is 16.8. The fourth-order valence-electron chi connectivity index (χ4n) is 2.81. The van der Waals surface area contributed by atoms with Crippen LogP contribution < -0.4 is 4.90 Å². The summed E-state index contributed by atoms with van der Waals surface area (Å²) >= 11 is 6.50. The van der Waals surface area contributed by atoms with E-state index in [1.807, 2.05) is 30.5 Å². The summed E-state index contributed by atoms with van der Waals surface area (Å²) in [4.78, 5) is 14.4. The van der Waals surface area contributed by atoms with Gasteiger partial charge in [-0.15, -0.1) is 17.1 Å². The molecule has 0 saturated carbocycles. The van der Waals surface area contributed by atoms with Crippen LogP contribution in [0.3, 0.4) is 0 Å². The molecule has 0 amide bonds. The Kier molecular flexibility index (Phi) is 5.96. The van der Waals surface area contributed by atoms with Gasteiger partial charge in [0.25, 0.3) is 0 Å². The van der Waals surface area contributed by atoms with E-state index in [2.05, 4.69) is 23.6 Å². The Balaban J connectivity index is 1.97. The second-order valence-electron chi connectivity index (χ2n) is 5.77. The van der Waals surface area contributed by atoms with Crippen LogP contribution in [0.1, 0.15) is 24.3 Å². The van der Waals surface area contributed by atoms with Crippen LogP contribution in [0.15, 0.2) is 42.3 Å². The Morgan fingerprint density at radius 2 is 2.15 bits per heavy atom. The first-order chi connectivity index (χ1) is 13.0. The van der Waals surface area contributed by atoms with Crippen molar-refractivity contribution in [3.05, 3.63) is 56.7 Å². The van der Waals surface area contributed by atoms with Gasteiger partial charge in [-0.1, -0.05) is 18.2 Å². The van der Waals surface area contributed by atoms with E-state index in [1.165, 1.54) is 15.9 Å². The molecule has 0 saturated heterocycles. The van der Waals surface area contributed by atoms with Gasteiger partial charge in [0.2, 0.25) is 5.88 Å². The molecule has 0 spiro atoms. The molecule has 1 aromatic carbocycles. The molecule has 1 aromatic heterocycles. The molecule has 0 bridgehead atoms. The van der Waals surface area contributed by atoms with Crippen LogP contribution >= 0.6 is 23.6 Å². The van der Waals surface area contributed by atoms with Gasteiger partial charge in [-0.3, -0.25) is 9.36 Å². The average Bonchev–Trinajstić information content (AvgIpc) is 2.93. The van der Waals surface area contributed by atoms with Gasteiger partial charge in [0.15, 0.2) is 3.95 Å². The molecule has 1 aliphatic rings. The molecule has 0 unspecified atom stereocenters. The number of carbonyl (C=O) groups is 1. The monoisotopic (exact) mass is 400 g/mol. The maximum absolute atomic E-state index is 11.7. The SMILES string of the molecule is CCOC(=O)Cn1c(O)c(C=C=C2C=CN(CC)c3ccccc32)sc1=S. The normalized spacial score (nSPS) is 12.5. The topological polar surface area (TPSA) is 54.7 Å². The number of thiazole rings is 1. The number of esters is 1. The van der Waals surface area contributed by atoms with E-state index >= 15 is 0 Å². The van der Waals surface area contributed by atoms with E-state index in [-0.39, 0.29) is 19.0 Å². The van der Waals surface area contributed by atoms with Crippen molar-refractivity contribution in [2.24, 2.45) is 0 Å². The van der Waals surface area contributed by atoms with E-state index in [1.54, 1.807) is 13.0 Å². The smallest absolute Gasteiger partial charge is 0.326 e. The van der Waals surface area contributed by atoms with Crippen LogP contribution in [-0.4, -0.2) is 28.8 Å². The number of hydrogen-bond donors (Lipinski definition) is 1. The molecule has 2 heterocycles. The number of ether oxygens (including phenoxy) is 1. The minimum Gasteiger partial charge on any atom is -0.493 e. The number of aromatic nitrogens is 1. The second kappa shape index (κ2) is 8.39. The number of aromatic hydroxyl groups is 1. The number of nitrogens with zero attached hydrogens (tertiary/aromatic N) is 2. The van der Waals surface area contributed by atoms with Gasteiger partial charge < -0.3 is 14.7 Å². The Hall–Kier alpha value is -2.60. The lowest BCUT2D eigenvalue weighted by molar-refractivity contribution is -0.143. The predicted molar refractivity (Wildman–Crippen MR) is 111 cm³/mol. The van der Waals surface area contributed by atoms with Crippen molar-refractivity contribution < 1.29 is 14.6 Å². The molecule has 0 fully saturated rings. The fraction of sp³-hybridized carbons (Fsp3) is 0.250. The highest BCUT2D eigenvalue weighted by Gasteiger charge is 2.15. The first-order valence-corrected chi connectivity index (χ1v) is 9.86. The van der Waals surface area contributed by atoms with Gasteiger partial charge in [-0.05, 0) is 38.2 Å². The van der Waals surface area contributed by atoms with E-state index in [9.17, 15) is 9.90 Å². The summed E-state index contributed by atoms with van der Waals surface area (Å²) in [5, 5.41) is 10.4. The number of para-hydroxylation sites is 1. The largest absolute Gasteiger partial charge is 0.493 e. The molecule has 7 heteroatoms. The summed E-state index contributed by atoms with van der Waals surface area (Å²) in [7, 11) is 0. The van der Waals surface area contributed by atoms with Crippen molar-refractivity contribution in [2.45, 2.75) is 20.4 Å². The van der Waals surface area contributed by atoms with Crippen LogP contribution in [0.2, 0.25) is 0 Å². The fourth-order valence-corrected chi connectivity index (χ4v) is 4.00. The van der Waals surface area contributed by atoms with Gasteiger partial charge in [0.05, 0.1) is 11.5 Å². The number of carbonyl (C=O) groups excluding carboxylic acids is 1. The minimum absolute atomic E-state index is 0.0468. The number of fused-ring (bicyclic) bond motifs is 1. The molecule has 0 aliphatic carbocycles. The lowest BCUT2D eigenvalue weighted by Crippen LogP contribution is -2.18. The van der Waals surface area contributed by atoms with Crippen molar-refractivity contribution in [3.63, 3.8) is 0 Å². The van der Waals surface area contributed by atoms with Crippen molar-refractivity contribution >= 4 is 46.9 Å². The van der Waals surface area contributed by atoms with E-state index in [0.717, 1.165) is 23.4 Å². The van der Waals surface area contributed by atoms with E-state index in [4.69, 9.17) is 17.0 Å². The van der Waals surface area contributed by atoms with E-state index < -0.39 is 5.97 Å². The van der Waals surface area contributed by atoms with Crippen LogP contribution in [0.4, 0.5) is 5.69 Å². The molecule has 27 heavy (non-hydrogen) atoms. The Bertz CT molecular complexity index is 1010. The quantitative estimate of drug-likeness (QED) is 0.452. The summed E-state index contributed by atoms with van der Waals surface area (Å²) in [5.74, 6) is -0.478. The van der Waals surface area contributed by atoms with Gasteiger partial charge in [0, 0.05) is 35.6 Å². The number of rotatable bonds is 5. The predicted octanol–water partition coefficient (Wildman–Crippen LogP) is 4.60. The number of hydrogen-bond acceptors (Lipinski definition) is 6. The molecule has 1 N–H and O–H groups in total. The highest BCUT2D eigenvalue weighted by atomic mass is 32.1. The summed E-state index contributed by atoms with van der Waals surface area (Å²) in [5.41, 5.74) is 6.37. The molecule has 2 aromatic rings. The first-order valence-electron chi connectivity index (χ1n) is 8.64. The molecule has 0 radical (unpaired) electrons. The molecule has 0 atom stereocenters. The van der Waals surface area contributed by atoms with Crippen LogP contribution in [0.5, 0.6) is 5.88 Å². The maximum Gasteiger partial charge on any atom is 0.326 e. The third-order valence-corrected chi connectivity index (χ3v) is 5.50. The Labute approximate surface area is 167 Å². The Morgan fingerprint density at radius 1 is 1.37 bits per heavy atom. The standard InChI is InChI=1S/C20H20N2O3S2/c1-3-21-12-11-14(15-7-5-6-8-16(15)21)9-10-17-19(24)22(20(26)27-17)13-18(23)25-4-2/h5-8,10-12,24H,3-4,13H2,1-2H3. The van der Waals surface area contributed by atoms with Gasteiger partial charge in [-0.25, -0.2) is 0 Å². The second-order valence-corrected chi connectivity index (χ2v) is 7.44. The van der Waals surface area contributed by atoms with Crippen LogP contribution in [0, 0.1) is 3.95 Å². The van der Waals surface area contributed by atoms with Crippen LogP contribution in [-0.2, 0) is 16.1 Å². The third-order valence-electron chi connectivity index (χ3n) is 4.11. The van der Waals surface area contributed by atoms with Crippen molar-refractivity contribution in [2.75, 3.05) is 18.1 Å². The van der Waals surface area contributed by atoms with Gasteiger partial charge in [-0.2, -0.15) is 0 Å². The summed E-state index contributed by atoms with van der Waals surface area (Å²) in [6.45, 7) is 4.90. The highest BCUT2D eigenvalue weighted by molar-refractivity contribution is 7.73. The summed E-state index contributed by atoms with van der Waals surface area (Å²) in [6.07, 6.45) is 5.72. The number of benzene rings is 1. The minimum atomic E-state index is -0.431. The van der Waals surface area contributed by atoms with Crippen molar-refractivity contribution in [1.29, 1.82) is 0 Å². The molecular formula is C20H20N2O3S2. The highest BCUT2D eigenvalue weighted by Crippen LogP contribution is 2.33. The molecular weight excluding hydrogens is 380 g/mol.